The van der Waals surface area contributed by atoms with Gasteiger partial charge in [-0.05, 0) is 19.8 Å². The summed E-state index contributed by atoms with van der Waals surface area (Å²) < 4.78 is 40.2. The van der Waals surface area contributed by atoms with E-state index in [9.17, 15) is 8.42 Å². The SMILES string of the molecule is CCn1cc(S(=O)(=O)N[C@H]2CCCCC2(OC)OC)cn1. The smallest absolute Gasteiger partial charge is 0.244 e. The number of nitrogens with zero attached hydrogens (tertiary/aromatic N) is 2. The minimum absolute atomic E-state index is 0.163. The van der Waals surface area contributed by atoms with Crippen LogP contribution in [0.25, 0.3) is 0 Å². The van der Waals surface area contributed by atoms with Crippen LogP contribution in [0.5, 0.6) is 0 Å². The zero-order valence-electron chi connectivity index (χ0n) is 12.7. The molecular formula is C13H23N3O4S. The molecule has 1 aromatic rings. The summed E-state index contributed by atoms with van der Waals surface area (Å²) in [7, 11) is -0.540. The van der Waals surface area contributed by atoms with Crippen LogP contribution in [-0.4, -0.2) is 44.2 Å². The first-order chi connectivity index (χ1) is 9.97. The molecule has 1 N–H and O–H groups in total. The van der Waals surface area contributed by atoms with Crippen molar-refractivity contribution in [3.05, 3.63) is 12.4 Å². The van der Waals surface area contributed by atoms with E-state index in [-0.39, 0.29) is 4.90 Å². The van der Waals surface area contributed by atoms with Gasteiger partial charge >= 0.3 is 0 Å². The number of ether oxygens (including phenoxy) is 2. The molecule has 1 saturated carbocycles. The number of hydrogen-bond donors (Lipinski definition) is 1. The molecule has 1 fully saturated rings. The van der Waals surface area contributed by atoms with Gasteiger partial charge in [0, 0.05) is 33.4 Å². The molecule has 1 heterocycles. The first-order valence-electron chi connectivity index (χ1n) is 7.12. The molecule has 120 valence electrons. The summed E-state index contributed by atoms with van der Waals surface area (Å²) in [6.07, 6.45) is 6.12. The molecule has 0 spiro atoms. The van der Waals surface area contributed by atoms with Crippen LogP contribution in [0.3, 0.4) is 0 Å². The van der Waals surface area contributed by atoms with E-state index in [1.165, 1.54) is 12.4 Å². The van der Waals surface area contributed by atoms with Gasteiger partial charge in [-0.25, -0.2) is 13.1 Å². The maximum Gasteiger partial charge on any atom is 0.244 e. The largest absolute Gasteiger partial charge is 0.352 e. The zero-order chi connectivity index (χ0) is 15.5. The lowest BCUT2D eigenvalue weighted by molar-refractivity contribution is -0.235. The molecule has 7 nitrogen and oxygen atoms in total. The average molecular weight is 317 g/mol. The van der Waals surface area contributed by atoms with Crippen molar-refractivity contribution in [2.45, 2.75) is 55.9 Å². The predicted octanol–water partition coefficient (Wildman–Crippen LogP) is 1.11. The summed E-state index contributed by atoms with van der Waals surface area (Å²) in [5.74, 6) is -0.897. The Bertz CT molecular complexity index is 566. The van der Waals surface area contributed by atoms with Gasteiger partial charge in [0.25, 0.3) is 0 Å². The molecule has 0 saturated heterocycles. The number of methoxy groups -OCH3 is 2. The van der Waals surface area contributed by atoms with Crippen LogP contribution in [0, 0.1) is 0 Å². The van der Waals surface area contributed by atoms with Crippen LogP contribution >= 0.6 is 0 Å². The van der Waals surface area contributed by atoms with Gasteiger partial charge in [-0.2, -0.15) is 5.10 Å². The highest BCUT2D eigenvalue weighted by Crippen LogP contribution is 2.33. The Hall–Kier alpha value is -0.960. The minimum Gasteiger partial charge on any atom is -0.352 e. The Kier molecular flexibility index (Phi) is 5.03. The van der Waals surface area contributed by atoms with Gasteiger partial charge in [-0.1, -0.05) is 6.42 Å². The van der Waals surface area contributed by atoms with Crippen molar-refractivity contribution in [1.29, 1.82) is 0 Å². The van der Waals surface area contributed by atoms with Gasteiger partial charge in [0.05, 0.1) is 12.2 Å². The van der Waals surface area contributed by atoms with Crippen molar-refractivity contribution in [3.63, 3.8) is 0 Å². The Morgan fingerprint density at radius 3 is 2.71 bits per heavy atom. The van der Waals surface area contributed by atoms with Crippen LogP contribution < -0.4 is 4.72 Å². The molecular weight excluding hydrogens is 294 g/mol. The van der Waals surface area contributed by atoms with Crippen LogP contribution in [0.4, 0.5) is 0 Å². The Labute approximate surface area is 125 Å². The Morgan fingerprint density at radius 1 is 1.43 bits per heavy atom. The summed E-state index contributed by atoms with van der Waals surface area (Å²) >= 11 is 0. The van der Waals surface area contributed by atoms with E-state index in [1.54, 1.807) is 18.9 Å². The molecule has 8 heteroatoms. The molecule has 0 unspecified atom stereocenters. The quantitative estimate of drug-likeness (QED) is 0.795. The van der Waals surface area contributed by atoms with Gasteiger partial charge in [-0.15, -0.1) is 0 Å². The van der Waals surface area contributed by atoms with Crippen molar-refractivity contribution in [2.75, 3.05) is 14.2 Å². The maximum absolute atomic E-state index is 12.5. The summed E-state index contributed by atoms with van der Waals surface area (Å²) in [5.41, 5.74) is 0. The maximum atomic E-state index is 12.5. The Morgan fingerprint density at radius 2 is 2.14 bits per heavy atom. The molecule has 1 aliphatic carbocycles. The molecule has 0 aliphatic heterocycles. The molecule has 1 atom stereocenters. The number of nitrogens with one attached hydrogen (secondary N) is 1. The number of hydrogen-bond acceptors (Lipinski definition) is 5. The molecule has 21 heavy (non-hydrogen) atoms. The summed E-state index contributed by atoms with van der Waals surface area (Å²) in [6.45, 7) is 2.53. The van der Waals surface area contributed by atoms with E-state index in [4.69, 9.17) is 9.47 Å². The van der Waals surface area contributed by atoms with Gasteiger partial charge in [-0.3, -0.25) is 4.68 Å². The van der Waals surface area contributed by atoms with E-state index in [0.29, 0.717) is 19.4 Å². The third-order valence-corrected chi connectivity index (χ3v) is 5.46. The fourth-order valence-corrected chi connectivity index (χ4v) is 4.00. The molecule has 0 amide bonds. The molecule has 0 aromatic carbocycles. The highest BCUT2D eigenvalue weighted by atomic mass is 32.2. The fourth-order valence-electron chi connectivity index (χ4n) is 2.75. The second-order valence-corrected chi connectivity index (χ2v) is 6.89. The number of sulfonamides is 1. The highest BCUT2D eigenvalue weighted by molar-refractivity contribution is 7.89. The molecule has 0 bridgehead atoms. The van der Waals surface area contributed by atoms with Gasteiger partial charge in [0.15, 0.2) is 5.79 Å². The van der Waals surface area contributed by atoms with E-state index in [2.05, 4.69) is 9.82 Å². The van der Waals surface area contributed by atoms with E-state index >= 15 is 0 Å². The second kappa shape index (κ2) is 6.43. The minimum atomic E-state index is -3.63. The topological polar surface area (TPSA) is 82.5 Å². The fraction of sp³-hybridized carbons (Fsp3) is 0.769. The zero-order valence-corrected chi connectivity index (χ0v) is 13.5. The lowest BCUT2D eigenvalue weighted by atomic mass is 9.89. The molecule has 1 aliphatic rings. The van der Waals surface area contributed by atoms with Gasteiger partial charge in [0.2, 0.25) is 10.0 Å². The van der Waals surface area contributed by atoms with Crippen molar-refractivity contribution in [2.24, 2.45) is 0 Å². The lowest BCUT2D eigenvalue weighted by Gasteiger charge is -2.41. The van der Waals surface area contributed by atoms with Crippen molar-refractivity contribution < 1.29 is 17.9 Å². The van der Waals surface area contributed by atoms with Gasteiger partial charge in [0.1, 0.15) is 4.90 Å². The number of aryl methyl sites for hydroxylation is 1. The van der Waals surface area contributed by atoms with Crippen LogP contribution in [0.1, 0.15) is 32.6 Å². The Balaban J connectivity index is 2.21. The first-order valence-corrected chi connectivity index (χ1v) is 8.61. The summed E-state index contributed by atoms with van der Waals surface area (Å²) in [4.78, 5) is 0.163. The number of rotatable bonds is 6. The van der Waals surface area contributed by atoms with Crippen LogP contribution in [-0.2, 0) is 26.0 Å². The van der Waals surface area contributed by atoms with Crippen molar-refractivity contribution in [3.8, 4) is 0 Å². The summed E-state index contributed by atoms with van der Waals surface area (Å²) in [6, 6.07) is -0.406. The molecule has 2 rings (SSSR count). The standard InChI is InChI=1S/C13H23N3O4S/c1-4-16-10-11(9-14-16)21(17,18)15-12-7-5-6-8-13(12,19-2)20-3/h9-10,12,15H,4-8H2,1-3H3/t12-/m0/s1. The monoisotopic (exact) mass is 317 g/mol. The van der Waals surface area contributed by atoms with Crippen molar-refractivity contribution in [1.82, 2.24) is 14.5 Å². The highest BCUT2D eigenvalue weighted by Gasteiger charge is 2.43. The van der Waals surface area contributed by atoms with Crippen LogP contribution in [0.15, 0.2) is 17.3 Å². The number of aromatic nitrogens is 2. The van der Waals surface area contributed by atoms with E-state index < -0.39 is 21.9 Å². The van der Waals surface area contributed by atoms with Crippen LogP contribution in [0.2, 0.25) is 0 Å². The van der Waals surface area contributed by atoms with Gasteiger partial charge < -0.3 is 9.47 Å². The normalized spacial score (nSPS) is 22.3. The van der Waals surface area contributed by atoms with E-state index in [0.717, 1.165) is 12.8 Å². The summed E-state index contributed by atoms with van der Waals surface area (Å²) in [5, 5.41) is 4.01. The molecule has 0 radical (unpaired) electrons. The predicted molar refractivity (Wildman–Crippen MR) is 77.2 cm³/mol. The van der Waals surface area contributed by atoms with E-state index in [1.807, 2.05) is 6.92 Å². The second-order valence-electron chi connectivity index (χ2n) is 5.17. The molecule has 1 aromatic heterocycles. The third-order valence-electron chi connectivity index (χ3n) is 4.03. The lowest BCUT2D eigenvalue weighted by Crippen LogP contribution is -2.56. The third kappa shape index (κ3) is 3.28. The average Bonchev–Trinajstić information content (AvgIpc) is 2.97. The van der Waals surface area contributed by atoms with Crippen molar-refractivity contribution >= 4 is 10.0 Å². The first kappa shape index (κ1) is 16.4.